The van der Waals surface area contributed by atoms with Gasteiger partial charge in [0.25, 0.3) is 5.91 Å². The average molecular weight is 419 g/mol. The fraction of sp³-hybridized carbons (Fsp3) is 0.0455. The number of nitrogens with zero attached hydrogens (tertiary/aromatic N) is 2. The highest BCUT2D eigenvalue weighted by Gasteiger charge is 2.11. The minimum Gasteiger partial charge on any atom is -0.465 e. The molecule has 1 heterocycles. The number of rotatable bonds is 3. The van der Waals surface area contributed by atoms with Crippen LogP contribution in [0.3, 0.4) is 0 Å². The van der Waals surface area contributed by atoms with Crippen LogP contribution in [0, 0.1) is 11.8 Å². The van der Waals surface area contributed by atoms with Gasteiger partial charge in [-0.1, -0.05) is 36.1 Å². The van der Waals surface area contributed by atoms with Crippen molar-refractivity contribution in [2.45, 2.75) is 4.90 Å². The Hall–Kier alpha value is -3.96. The standard InChI is InChI=1S/C22H17N3O4S/c1-30(29,20-8-3-2-4-9-20)25-21(26)18-12-17(14-23-15-18)11-10-16-6-5-7-19(13-16)24-22(27)28/h2-9,12-15,24H,1H3,(H,27,28). The first-order chi connectivity index (χ1) is 14.3. The normalized spacial score (nSPS) is 12.0. The second-order valence-corrected chi connectivity index (χ2v) is 8.49. The Morgan fingerprint density at radius 1 is 1.00 bits per heavy atom. The SMILES string of the molecule is CS(=O)(=NC(=O)c1cncc(C#Cc2cccc(NC(=O)O)c2)c1)c1ccccc1. The lowest BCUT2D eigenvalue weighted by molar-refractivity contribution is 0.100. The van der Waals surface area contributed by atoms with Gasteiger partial charge in [0.2, 0.25) is 0 Å². The van der Waals surface area contributed by atoms with E-state index in [1.807, 2.05) is 0 Å². The first-order valence-corrected chi connectivity index (χ1v) is 10.6. The second kappa shape index (κ2) is 9.03. The van der Waals surface area contributed by atoms with E-state index in [2.05, 4.69) is 26.5 Å². The van der Waals surface area contributed by atoms with Gasteiger partial charge in [0.1, 0.15) is 0 Å². The first-order valence-electron chi connectivity index (χ1n) is 8.72. The van der Waals surface area contributed by atoms with E-state index in [9.17, 15) is 13.8 Å². The number of carbonyl (C=O) groups excluding carboxylic acids is 1. The van der Waals surface area contributed by atoms with Crippen molar-refractivity contribution >= 4 is 27.4 Å². The summed E-state index contributed by atoms with van der Waals surface area (Å²) in [5.74, 6) is 5.13. The Balaban J connectivity index is 1.85. The Morgan fingerprint density at radius 3 is 2.47 bits per heavy atom. The van der Waals surface area contributed by atoms with Gasteiger partial charge in [0.15, 0.2) is 0 Å². The van der Waals surface area contributed by atoms with Crippen LogP contribution >= 0.6 is 0 Å². The molecule has 150 valence electrons. The maximum atomic E-state index is 12.8. The lowest BCUT2D eigenvalue weighted by Gasteiger charge is -2.03. The second-order valence-electron chi connectivity index (χ2n) is 6.24. The Morgan fingerprint density at radius 2 is 1.73 bits per heavy atom. The Kier molecular flexibility index (Phi) is 6.25. The molecule has 2 aromatic carbocycles. The molecule has 0 aliphatic heterocycles. The van der Waals surface area contributed by atoms with Crippen LogP contribution in [-0.2, 0) is 9.73 Å². The molecule has 0 bridgehead atoms. The number of anilines is 1. The highest BCUT2D eigenvalue weighted by atomic mass is 32.2. The molecule has 3 aromatic rings. The van der Waals surface area contributed by atoms with Gasteiger partial charge in [0, 0.05) is 40.4 Å². The molecule has 0 aliphatic carbocycles. The third-order valence-electron chi connectivity index (χ3n) is 3.89. The van der Waals surface area contributed by atoms with Crippen molar-refractivity contribution in [3.8, 4) is 11.8 Å². The fourth-order valence-electron chi connectivity index (χ4n) is 2.50. The summed E-state index contributed by atoms with van der Waals surface area (Å²) in [4.78, 5) is 27.7. The smallest absolute Gasteiger partial charge is 0.409 e. The van der Waals surface area contributed by atoms with Gasteiger partial charge in [-0.15, -0.1) is 0 Å². The molecule has 0 fully saturated rings. The van der Waals surface area contributed by atoms with Crippen molar-refractivity contribution in [2.24, 2.45) is 4.36 Å². The lowest BCUT2D eigenvalue weighted by atomic mass is 10.1. The van der Waals surface area contributed by atoms with Crippen LogP contribution < -0.4 is 5.32 Å². The average Bonchev–Trinajstić information content (AvgIpc) is 2.73. The minimum absolute atomic E-state index is 0.175. The molecule has 0 saturated carbocycles. The van der Waals surface area contributed by atoms with Gasteiger partial charge in [0.05, 0.1) is 15.3 Å². The van der Waals surface area contributed by atoms with Crippen molar-refractivity contribution < 1.29 is 18.9 Å². The van der Waals surface area contributed by atoms with Crippen LogP contribution in [0.1, 0.15) is 21.5 Å². The maximum absolute atomic E-state index is 12.8. The van der Waals surface area contributed by atoms with Crippen LogP contribution in [0.2, 0.25) is 0 Å². The van der Waals surface area contributed by atoms with Gasteiger partial charge in [-0.2, -0.15) is 4.36 Å². The predicted octanol–water partition coefficient (Wildman–Crippen LogP) is 3.87. The number of carboxylic acid groups (broad SMARTS) is 1. The number of hydrogen-bond donors (Lipinski definition) is 2. The van der Waals surface area contributed by atoms with E-state index in [4.69, 9.17) is 5.11 Å². The number of benzene rings is 2. The number of amides is 2. The quantitative estimate of drug-likeness (QED) is 0.627. The summed E-state index contributed by atoms with van der Waals surface area (Å²) in [6.45, 7) is 0. The lowest BCUT2D eigenvalue weighted by Crippen LogP contribution is -2.06. The molecular weight excluding hydrogens is 402 g/mol. The van der Waals surface area contributed by atoms with Crippen LogP contribution in [-0.4, -0.2) is 32.6 Å². The van der Waals surface area contributed by atoms with E-state index in [1.54, 1.807) is 54.6 Å². The molecule has 0 saturated heterocycles. The minimum atomic E-state index is -2.88. The van der Waals surface area contributed by atoms with E-state index in [-0.39, 0.29) is 5.56 Å². The summed E-state index contributed by atoms with van der Waals surface area (Å²) < 4.78 is 16.7. The van der Waals surface area contributed by atoms with Crippen molar-refractivity contribution in [3.63, 3.8) is 0 Å². The third-order valence-corrected chi connectivity index (χ3v) is 5.55. The van der Waals surface area contributed by atoms with Crippen LogP contribution in [0.25, 0.3) is 0 Å². The van der Waals surface area contributed by atoms with Gasteiger partial charge in [-0.3, -0.25) is 15.1 Å². The molecule has 1 atom stereocenters. The zero-order chi connectivity index (χ0) is 21.6. The van der Waals surface area contributed by atoms with Crippen LogP contribution in [0.4, 0.5) is 10.5 Å². The van der Waals surface area contributed by atoms with E-state index in [0.717, 1.165) is 0 Å². The molecule has 0 spiro atoms. The maximum Gasteiger partial charge on any atom is 0.409 e. The Bertz CT molecular complexity index is 1280. The predicted molar refractivity (Wildman–Crippen MR) is 114 cm³/mol. The van der Waals surface area contributed by atoms with Crippen molar-refractivity contribution in [1.29, 1.82) is 0 Å². The van der Waals surface area contributed by atoms with Crippen molar-refractivity contribution in [1.82, 2.24) is 4.98 Å². The summed E-state index contributed by atoms with van der Waals surface area (Å²) >= 11 is 0. The molecule has 2 N–H and O–H groups in total. The molecule has 2 amide bonds. The molecule has 7 nitrogen and oxygen atoms in total. The molecular formula is C22H17N3O4S. The summed E-state index contributed by atoms with van der Waals surface area (Å²) in [6, 6.07) is 16.7. The van der Waals surface area contributed by atoms with Gasteiger partial charge in [-0.25, -0.2) is 9.00 Å². The zero-order valence-electron chi connectivity index (χ0n) is 15.9. The third kappa shape index (κ3) is 5.53. The Labute approximate surface area is 174 Å². The largest absolute Gasteiger partial charge is 0.465 e. The highest BCUT2D eigenvalue weighted by molar-refractivity contribution is 7.93. The fourth-order valence-corrected chi connectivity index (χ4v) is 3.69. The summed E-state index contributed by atoms with van der Waals surface area (Å²) in [7, 11) is -2.88. The van der Waals surface area contributed by atoms with Gasteiger partial charge >= 0.3 is 6.09 Å². The molecule has 30 heavy (non-hydrogen) atoms. The number of hydrogen-bond acceptors (Lipinski definition) is 4. The summed E-state index contributed by atoms with van der Waals surface area (Å²) in [5, 5.41) is 11.0. The van der Waals surface area contributed by atoms with Gasteiger partial charge in [-0.05, 0) is 36.4 Å². The molecule has 1 aromatic heterocycles. The number of pyridine rings is 1. The van der Waals surface area contributed by atoms with Crippen molar-refractivity contribution in [2.75, 3.05) is 11.6 Å². The van der Waals surface area contributed by atoms with E-state index < -0.39 is 21.7 Å². The molecule has 1 unspecified atom stereocenters. The van der Waals surface area contributed by atoms with Crippen molar-refractivity contribution in [3.05, 3.63) is 89.7 Å². The van der Waals surface area contributed by atoms with Crippen LogP contribution in [0.5, 0.6) is 0 Å². The van der Waals surface area contributed by atoms with E-state index in [1.165, 1.54) is 24.7 Å². The van der Waals surface area contributed by atoms with Gasteiger partial charge < -0.3 is 5.11 Å². The van der Waals surface area contributed by atoms with Crippen LogP contribution in [0.15, 0.2) is 82.3 Å². The first kappa shape index (κ1) is 20.8. The van der Waals surface area contributed by atoms with E-state index in [0.29, 0.717) is 21.7 Å². The summed E-state index contributed by atoms with van der Waals surface area (Å²) in [5.41, 5.74) is 1.63. The topological polar surface area (TPSA) is 109 Å². The number of aromatic nitrogens is 1. The molecule has 0 aliphatic rings. The zero-order valence-corrected chi connectivity index (χ0v) is 16.7. The van der Waals surface area contributed by atoms with E-state index >= 15 is 0 Å². The molecule has 0 radical (unpaired) electrons. The number of carbonyl (C=O) groups is 2. The molecule has 3 rings (SSSR count). The summed E-state index contributed by atoms with van der Waals surface area (Å²) in [6.07, 6.45) is 3.08. The highest BCUT2D eigenvalue weighted by Crippen LogP contribution is 2.14. The monoisotopic (exact) mass is 419 g/mol. The molecule has 8 heteroatoms. The number of nitrogens with one attached hydrogen (secondary N) is 1.